The van der Waals surface area contributed by atoms with Gasteiger partial charge >= 0.3 is 0 Å². The lowest BCUT2D eigenvalue weighted by Crippen LogP contribution is -2.52. The van der Waals surface area contributed by atoms with E-state index in [9.17, 15) is 14.4 Å². The lowest BCUT2D eigenvalue weighted by atomic mass is 10.0. The van der Waals surface area contributed by atoms with Gasteiger partial charge in [0.15, 0.2) is 5.69 Å². The average Bonchev–Trinajstić information content (AvgIpc) is 3.41. The number of nitrogens with two attached hydrogens (primary N) is 1. The summed E-state index contributed by atoms with van der Waals surface area (Å²) in [6.45, 7) is 3.81. The predicted molar refractivity (Wildman–Crippen MR) is 126 cm³/mol. The fraction of sp³-hybridized carbons (Fsp3) is 0.417. The summed E-state index contributed by atoms with van der Waals surface area (Å²) in [4.78, 5) is 46.0. The summed E-state index contributed by atoms with van der Waals surface area (Å²) >= 11 is 0. The number of hydrogen-bond donors (Lipinski definition) is 5. The molecule has 3 heterocycles. The Balaban J connectivity index is 1.61. The third-order valence-corrected chi connectivity index (χ3v) is 6.05. The number of hydrogen-bond acceptors (Lipinski definition) is 6. The highest BCUT2D eigenvalue weighted by Crippen LogP contribution is 2.21. The monoisotopic (exact) mass is 466 g/mol. The van der Waals surface area contributed by atoms with Gasteiger partial charge in [0.2, 0.25) is 17.7 Å². The van der Waals surface area contributed by atoms with Crippen LogP contribution in [-0.4, -0.2) is 46.3 Å². The summed E-state index contributed by atoms with van der Waals surface area (Å²) in [7, 11) is 0. The Hall–Kier alpha value is -3.66. The van der Waals surface area contributed by atoms with Crippen LogP contribution in [0.3, 0.4) is 0 Å². The summed E-state index contributed by atoms with van der Waals surface area (Å²) in [6.07, 6.45) is 3.86. The van der Waals surface area contributed by atoms with Crippen molar-refractivity contribution in [3.05, 3.63) is 53.4 Å². The van der Waals surface area contributed by atoms with Gasteiger partial charge in [0, 0.05) is 30.1 Å². The van der Waals surface area contributed by atoms with E-state index >= 15 is 0 Å². The molecule has 180 valence electrons. The Labute approximate surface area is 197 Å². The third kappa shape index (κ3) is 5.12. The van der Waals surface area contributed by atoms with Gasteiger partial charge in [-0.1, -0.05) is 18.2 Å². The van der Waals surface area contributed by atoms with E-state index in [0.29, 0.717) is 31.6 Å². The second kappa shape index (κ2) is 10.1. The molecule has 3 aromatic rings. The van der Waals surface area contributed by atoms with Crippen LogP contribution < -0.4 is 21.7 Å². The van der Waals surface area contributed by atoms with Crippen LogP contribution in [0.2, 0.25) is 0 Å². The Morgan fingerprint density at radius 1 is 1.12 bits per heavy atom. The minimum absolute atomic E-state index is 0.198. The van der Waals surface area contributed by atoms with Crippen LogP contribution in [-0.2, 0) is 16.0 Å². The summed E-state index contributed by atoms with van der Waals surface area (Å²) < 4.78 is 5.66. The first-order chi connectivity index (χ1) is 16.3. The first kappa shape index (κ1) is 23.5. The fourth-order valence-electron chi connectivity index (χ4n) is 4.10. The number of H-pyrrole nitrogens is 1. The molecule has 4 rings (SSSR count). The number of nitrogens with zero attached hydrogens (tertiary/aromatic N) is 1. The molecule has 3 atom stereocenters. The number of oxazole rings is 1. The van der Waals surface area contributed by atoms with Gasteiger partial charge in [-0.2, -0.15) is 0 Å². The van der Waals surface area contributed by atoms with Gasteiger partial charge in [0.1, 0.15) is 17.8 Å². The van der Waals surface area contributed by atoms with Crippen molar-refractivity contribution in [3.63, 3.8) is 0 Å². The van der Waals surface area contributed by atoms with E-state index in [4.69, 9.17) is 10.2 Å². The lowest BCUT2D eigenvalue weighted by molar-refractivity contribution is -0.130. The maximum absolute atomic E-state index is 13.3. The molecule has 10 nitrogen and oxygen atoms in total. The zero-order chi connectivity index (χ0) is 24.2. The van der Waals surface area contributed by atoms with Crippen molar-refractivity contribution in [1.29, 1.82) is 0 Å². The van der Waals surface area contributed by atoms with Gasteiger partial charge in [-0.15, -0.1) is 0 Å². The molecule has 0 fully saturated rings. The molecule has 2 bridgehead atoms. The van der Waals surface area contributed by atoms with E-state index in [1.54, 1.807) is 13.8 Å². The van der Waals surface area contributed by atoms with Gasteiger partial charge in [-0.05, 0) is 44.7 Å². The van der Waals surface area contributed by atoms with Crippen molar-refractivity contribution in [3.8, 4) is 0 Å². The molecule has 3 amide bonds. The number of carbonyl (C=O) groups excluding carboxylic acids is 3. The topological polar surface area (TPSA) is 155 Å². The molecule has 0 aliphatic carbocycles. The summed E-state index contributed by atoms with van der Waals surface area (Å²) in [5, 5.41) is 9.46. The molecule has 1 aliphatic heterocycles. The van der Waals surface area contributed by atoms with E-state index in [1.165, 1.54) is 0 Å². The van der Waals surface area contributed by atoms with E-state index in [1.807, 2.05) is 30.5 Å². The Morgan fingerprint density at radius 2 is 1.91 bits per heavy atom. The van der Waals surface area contributed by atoms with Crippen molar-refractivity contribution in [1.82, 2.24) is 25.9 Å². The SMILES string of the molecule is Cc1oc2nc1C(=O)NCCCC[C@H](N)C(=O)N[C@H](Cc1c[nH]c3ccccc13)C(=O)N[C@@H]2C. The van der Waals surface area contributed by atoms with E-state index < -0.39 is 29.9 Å². The number of para-hydroxylation sites is 1. The van der Waals surface area contributed by atoms with Crippen LogP contribution in [0.15, 0.2) is 34.9 Å². The van der Waals surface area contributed by atoms with E-state index in [-0.39, 0.29) is 23.9 Å². The molecule has 6 N–H and O–H groups in total. The summed E-state index contributed by atoms with van der Waals surface area (Å²) in [5.74, 6) is -0.525. The van der Waals surface area contributed by atoms with Crippen LogP contribution in [0.5, 0.6) is 0 Å². The number of carbonyl (C=O) groups is 3. The Kier molecular flexibility index (Phi) is 6.97. The second-order valence-corrected chi connectivity index (χ2v) is 8.67. The maximum atomic E-state index is 13.3. The number of benzene rings is 1. The molecular weight excluding hydrogens is 436 g/mol. The Morgan fingerprint density at radius 3 is 2.74 bits per heavy atom. The summed E-state index contributed by atoms with van der Waals surface area (Å²) in [6, 6.07) is 5.54. The van der Waals surface area contributed by atoms with Crippen molar-refractivity contribution < 1.29 is 18.8 Å². The number of rotatable bonds is 2. The first-order valence-corrected chi connectivity index (χ1v) is 11.5. The van der Waals surface area contributed by atoms with Crippen molar-refractivity contribution in [2.24, 2.45) is 5.73 Å². The van der Waals surface area contributed by atoms with Gasteiger partial charge in [-0.25, -0.2) is 4.98 Å². The fourth-order valence-corrected chi connectivity index (χ4v) is 4.10. The third-order valence-electron chi connectivity index (χ3n) is 6.05. The molecule has 0 saturated carbocycles. The van der Waals surface area contributed by atoms with E-state index in [2.05, 4.69) is 25.9 Å². The molecule has 0 unspecified atom stereocenters. The van der Waals surface area contributed by atoms with Crippen LogP contribution in [0.1, 0.15) is 59.9 Å². The highest BCUT2D eigenvalue weighted by molar-refractivity contribution is 5.93. The molecule has 1 aliphatic rings. The van der Waals surface area contributed by atoms with E-state index in [0.717, 1.165) is 16.5 Å². The van der Waals surface area contributed by atoms with Gasteiger partial charge in [0.05, 0.1) is 6.04 Å². The smallest absolute Gasteiger partial charge is 0.273 e. The van der Waals surface area contributed by atoms with Gasteiger partial charge in [-0.3, -0.25) is 14.4 Å². The van der Waals surface area contributed by atoms with Crippen molar-refractivity contribution in [2.45, 2.75) is 57.7 Å². The normalized spacial score (nSPS) is 22.8. The highest BCUT2D eigenvalue weighted by atomic mass is 16.4. The van der Waals surface area contributed by atoms with Gasteiger partial charge < -0.3 is 31.1 Å². The summed E-state index contributed by atoms with van der Waals surface area (Å²) in [5.41, 5.74) is 8.14. The van der Waals surface area contributed by atoms with Crippen LogP contribution in [0.4, 0.5) is 0 Å². The maximum Gasteiger partial charge on any atom is 0.273 e. The quantitative estimate of drug-likeness (QED) is 0.386. The molecular formula is C24H30N6O4. The average molecular weight is 467 g/mol. The number of nitrogens with one attached hydrogen (secondary N) is 4. The zero-order valence-electron chi connectivity index (χ0n) is 19.3. The number of fused-ring (bicyclic) bond motifs is 3. The standard InChI is InChI=1S/C24H30N6O4/c1-13-24-30-20(14(2)34-24)23(33)26-10-6-5-8-17(25)21(31)29-19(22(32)28-13)11-15-12-27-18-9-4-3-7-16(15)18/h3-4,7,9,12-13,17,19,27H,5-6,8,10-11,25H2,1-2H3,(H,26,33)(H,28,32)(H,29,31)/t13-,17+,19-/m1/s1. The van der Waals surface area contributed by atoms with Crippen LogP contribution in [0.25, 0.3) is 10.9 Å². The highest BCUT2D eigenvalue weighted by Gasteiger charge is 2.28. The molecule has 34 heavy (non-hydrogen) atoms. The Bertz CT molecular complexity index is 1200. The molecule has 10 heteroatoms. The molecule has 1 aromatic carbocycles. The van der Waals surface area contributed by atoms with Crippen LogP contribution in [0, 0.1) is 6.92 Å². The van der Waals surface area contributed by atoms with Crippen molar-refractivity contribution in [2.75, 3.05) is 6.54 Å². The van der Waals surface area contributed by atoms with Crippen molar-refractivity contribution >= 4 is 28.6 Å². The first-order valence-electron chi connectivity index (χ1n) is 11.5. The van der Waals surface area contributed by atoms with Crippen LogP contribution >= 0.6 is 0 Å². The molecule has 0 radical (unpaired) electrons. The number of aromatic amines is 1. The largest absolute Gasteiger partial charge is 0.443 e. The number of aromatic nitrogens is 2. The molecule has 0 saturated heterocycles. The zero-order valence-corrected chi connectivity index (χ0v) is 19.3. The lowest BCUT2D eigenvalue weighted by Gasteiger charge is -2.22. The molecule has 0 spiro atoms. The minimum atomic E-state index is -0.855. The second-order valence-electron chi connectivity index (χ2n) is 8.67. The molecule has 2 aromatic heterocycles. The number of aryl methyl sites for hydroxylation is 1. The van der Waals surface area contributed by atoms with Gasteiger partial charge in [0.25, 0.3) is 5.91 Å². The predicted octanol–water partition coefficient (Wildman–Crippen LogP) is 1.61. The number of amides is 3. The minimum Gasteiger partial charge on any atom is -0.443 e.